The number of amides is 1. The SMILES string of the molecule is CCCN(Cc1ccc(C)cc1)C(=O)CSc1nc2ccccc2c(=O)n1CC1CCCO1. The largest absolute Gasteiger partial charge is 0.376 e. The van der Waals surface area contributed by atoms with Crippen molar-refractivity contribution in [1.82, 2.24) is 14.5 Å². The Kier molecular flexibility index (Phi) is 7.83. The van der Waals surface area contributed by atoms with E-state index in [1.807, 2.05) is 23.1 Å². The van der Waals surface area contributed by atoms with E-state index in [2.05, 4.69) is 38.1 Å². The number of nitrogens with zero attached hydrogens (tertiary/aromatic N) is 3. The Morgan fingerprint density at radius 1 is 1.21 bits per heavy atom. The van der Waals surface area contributed by atoms with E-state index < -0.39 is 0 Å². The van der Waals surface area contributed by atoms with Crippen molar-refractivity contribution in [2.45, 2.75) is 57.5 Å². The van der Waals surface area contributed by atoms with Crippen LogP contribution in [0.25, 0.3) is 10.9 Å². The number of carbonyl (C=O) groups excluding carboxylic acids is 1. The number of rotatable bonds is 9. The van der Waals surface area contributed by atoms with Crippen molar-refractivity contribution in [2.24, 2.45) is 0 Å². The first-order valence-corrected chi connectivity index (χ1v) is 12.6. The van der Waals surface area contributed by atoms with Crippen LogP contribution in [0, 0.1) is 6.92 Å². The second-order valence-corrected chi connectivity index (χ2v) is 9.49. The lowest BCUT2D eigenvalue weighted by Crippen LogP contribution is -2.33. The van der Waals surface area contributed by atoms with Crippen molar-refractivity contribution in [1.29, 1.82) is 0 Å². The first kappa shape index (κ1) is 23.5. The van der Waals surface area contributed by atoms with E-state index in [1.165, 1.54) is 17.3 Å². The number of benzene rings is 2. The molecule has 6 nitrogen and oxygen atoms in total. The molecule has 174 valence electrons. The van der Waals surface area contributed by atoms with Crippen LogP contribution in [0.4, 0.5) is 0 Å². The first-order chi connectivity index (χ1) is 16.0. The third-order valence-corrected chi connectivity index (χ3v) is 6.86. The zero-order chi connectivity index (χ0) is 23.2. The number of hydrogen-bond acceptors (Lipinski definition) is 5. The van der Waals surface area contributed by atoms with Crippen LogP contribution in [-0.4, -0.2) is 45.4 Å². The Hall–Kier alpha value is -2.64. The molecule has 1 amide bonds. The van der Waals surface area contributed by atoms with Gasteiger partial charge in [-0.25, -0.2) is 4.98 Å². The molecule has 3 aromatic rings. The van der Waals surface area contributed by atoms with Crippen molar-refractivity contribution in [3.8, 4) is 0 Å². The summed E-state index contributed by atoms with van der Waals surface area (Å²) in [5.74, 6) is 0.288. The third-order valence-electron chi connectivity index (χ3n) is 5.90. The highest BCUT2D eigenvalue weighted by molar-refractivity contribution is 7.99. The van der Waals surface area contributed by atoms with Crippen LogP contribution < -0.4 is 5.56 Å². The lowest BCUT2D eigenvalue weighted by Gasteiger charge is -2.23. The number of carbonyl (C=O) groups is 1. The number of ether oxygens (including phenoxy) is 1. The van der Waals surface area contributed by atoms with E-state index in [0.717, 1.165) is 31.4 Å². The van der Waals surface area contributed by atoms with Gasteiger partial charge in [-0.15, -0.1) is 0 Å². The van der Waals surface area contributed by atoms with E-state index >= 15 is 0 Å². The summed E-state index contributed by atoms with van der Waals surface area (Å²) in [6.45, 7) is 6.61. The molecule has 1 unspecified atom stereocenters. The molecule has 1 aliphatic rings. The highest BCUT2D eigenvalue weighted by Crippen LogP contribution is 2.22. The maximum Gasteiger partial charge on any atom is 0.262 e. The molecule has 2 aromatic carbocycles. The van der Waals surface area contributed by atoms with Gasteiger partial charge in [0.15, 0.2) is 5.16 Å². The fourth-order valence-corrected chi connectivity index (χ4v) is 5.02. The molecule has 1 atom stereocenters. The van der Waals surface area contributed by atoms with Gasteiger partial charge in [-0.05, 0) is 43.9 Å². The second kappa shape index (κ2) is 11.0. The Bertz CT molecular complexity index is 1150. The summed E-state index contributed by atoms with van der Waals surface area (Å²) in [6, 6.07) is 15.7. The highest BCUT2D eigenvalue weighted by atomic mass is 32.2. The molecule has 0 radical (unpaired) electrons. The molecule has 1 fully saturated rings. The van der Waals surface area contributed by atoms with E-state index in [1.54, 1.807) is 10.6 Å². The summed E-state index contributed by atoms with van der Waals surface area (Å²) < 4.78 is 7.47. The average Bonchev–Trinajstić information content (AvgIpc) is 3.34. The smallest absolute Gasteiger partial charge is 0.262 e. The minimum Gasteiger partial charge on any atom is -0.376 e. The summed E-state index contributed by atoms with van der Waals surface area (Å²) in [7, 11) is 0. The Morgan fingerprint density at radius 2 is 2.00 bits per heavy atom. The zero-order valence-corrected chi connectivity index (χ0v) is 20.1. The topological polar surface area (TPSA) is 64.4 Å². The quantitative estimate of drug-likeness (QED) is 0.346. The standard InChI is InChI=1S/C26H31N3O3S/c1-3-14-28(16-20-12-10-19(2)11-13-20)24(30)18-33-26-27-23-9-5-4-8-22(23)25(31)29(26)17-21-7-6-15-32-21/h4-5,8-13,21H,3,6-7,14-18H2,1-2H3. The lowest BCUT2D eigenvalue weighted by atomic mass is 10.1. The number of aromatic nitrogens is 2. The summed E-state index contributed by atoms with van der Waals surface area (Å²) in [5.41, 5.74) is 2.91. The van der Waals surface area contributed by atoms with Crippen LogP contribution in [-0.2, 0) is 22.6 Å². The van der Waals surface area contributed by atoms with Gasteiger partial charge in [-0.2, -0.15) is 0 Å². The molecule has 1 saturated heterocycles. The molecule has 0 N–H and O–H groups in total. The van der Waals surface area contributed by atoms with Crippen molar-refractivity contribution < 1.29 is 9.53 Å². The maximum absolute atomic E-state index is 13.2. The van der Waals surface area contributed by atoms with Gasteiger partial charge in [0.25, 0.3) is 5.56 Å². The normalized spacial score (nSPS) is 15.8. The van der Waals surface area contributed by atoms with Crippen molar-refractivity contribution >= 4 is 28.6 Å². The summed E-state index contributed by atoms with van der Waals surface area (Å²) in [4.78, 5) is 33.0. The van der Waals surface area contributed by atoms with Gasteiger partial charge in [0.1, 0.15) is 0 Å². The number of para-hydroxylation sites is 1. The molecule has 0 aliphatic carbocycles. The summed E-state index contributed by atoms with van der Waals surface area (Å²) in [6.07, 6.45) is 2.84. The van der Waals surface area contributed by atoms with Gasteiger partial charge in [-0.1, -0.05) is 60.6 Å². The molecular weight excluding hydrogens is 434 g/mol. The Morgan fingerprint density at radius 3 is 2.73 bits per heavy atom. The molecule has 1 aromatic heterocycles. The van der Waals surface area contributed by atoms with E-state index in [4.69, 9.17) is 9.72 Å². The molecule has 4 rings (SSSR count). The van der Waals surface area contributed by atoms with Gasteiger partial charge in [0.2, 0.25) is 5.91 Å². The van der Waals surface area contributed by atoms with Crippen LogP contribution in [0.3, 0.4) is 0 Å². The minimum atomic E-state index is -0.0730. The van der Waals surface area contributed by atoms with Gasteiger partial charge >= 0.3 is 0 Å². The molecule has 1 aliphatic heterocycles. The van der Waals surface area contributed by atoms with Crippen molar-refractivity contribution in [3.63, 3.8) is 0 Å². The van der Waals surface area contributed by atoms with Crippen LogP contribution >= 0.6 is 11.8 Å². The van der Waals surface area contributed by atoms with Crippen LogP contribution in [0.2, 0.25) is 0 Å². The Balaban J connectivity index is 1.54. The second-order valence-electron chi connectivity index (χ2n) is 8.55. The maximum atomic E-state index is 13.2. The zero-order valence-electron chi connectivity index (χ0n) is 19.3. The monoisotopic (exact) mass is 465 g/mol. The third kappa shape index (κ3) is 5.84. The van der Waals surface area contributed by atoms with Crippen LogP contribution in [0.15, 0.2) is 58.5 Å². The molecule has 7 heteroatoms. The Labute approximate surface area is 199 Å². The average molecular weight is 466 g/mol. The van der Waals surface area contributed by atoms with E-state index in [-0.39, 0.29) is 23.3 Å². The summed E-state index contributed by atoms with van der Waals surface area (Å²) >= 11 is 1.34. The molecule has 33 heavy (non-hydrogen) atoms. The predicted octanol–water partition coefficient (Wildman–Crippen LogP) is 4.41. The first-order valence-electron chi connectivity index (χ1n) is 11.6. The highest BCUT2D eigenvalue weighted by Gasteiger charge is 2.21. The number of hydrogen-bond donors (Lipinski definition) is 0. The van der Waals surface area contributed by atoms with Crippen LogP contribution in [0.1, 0.15) is 37.3 Å². The fourth-order valence-electron chi connectivity index (χ4n) is 4.10. The van der Waals surface area contributed by atoms with Gasteiger partial charge in [0, 0.05) is 19.7 Å². The number of thioether (sulfide) groups is 1. The molecule has 0 spiro atoms. The van der Waals surface area contributed by atoms with Crippen molar-refractivity contribution in [2.75, 3.05) is 18.9 Å². The molecule has 0 saturated carbocycles. The van der Waals surface area contributed by atoms with Gasteiger partial charge < -0.3 is 9.64 Å². The molecule has 2 heterocycles. The molecule has 0 bridgehead atoms. The fraction of sp³-hybridized carbons (Fsp3) is 0.423. The van der Waals surface area contributed by atoms with E-state index in [0.29, 0.717) is 35.7 Å². The van der Waals surface area contributed by atoms with Gasteiger partial charge in [0.05, 0.1) is 29.3 Å². The lowest BCUT2D eigenvalue weighted by molar-refractivity contribution is -0.129. The summed E-state index contributed by atoms with van der Waals surface area (Å²) in [5, 5.41) is 1.17. The van der Waals surface area contributed by atoms with Crippen LogP contribution in [0.5, 0.6) is 0 Å². The van der Waals surface area contributed by atoms with E-state index in [9.17, 15) is 9.59 Å². The number of aryl methyl sites for hydroxylation is 1. The predicted molar refractivity (Wildman–Crippen MR) is 133 cm³/mol. The minimum absolute atomic E-state index is 0.0128. The van der Waals surface area contributed by atoms with Gasteiger partial charge in [-0.3, -0.25) is 14.2 Å². The number of fused-ring (bicyclic) bond motifs is 1. The van der Waals surface area contributed by atoms with Crippen molar-refractivity contribution in [3.05, 3.63) is 70.0 Å². The molecular formula is C26H31N3O3S.